The van der Waals surface area contributed by atoms with Gasteiger partial charge in [-0.1, -0.05) is 0 Å². The van der Waals surface area contributed by atoms with Crippen LogP contribution in [0, 0.1) is 0 Å². The fourth-order valence-electron chi connectivity index (χ4n) is 3.29. The molecule has 5 heteroatoms. The third-order valence-corrected chi connectivity index (χ3v) is 4.43. The summed E-state index contributed by atoms with van der Waals surface area (Å²) < 4.78 is 10.4. The molecule has 1 aliphatic heterocycles. The largest absolute Gasteiger partial charge is 0.468 e. The van der Waals surface area contributed by atoms with Gasteiger partial charge in [0.25, 0.3) is 0 Å². The normalized spacial score (nSPS) is 37.7. The molecule has 0 aromatic rings. The van der Waals surface area contributed by atoms with E-state index in [1.165, 1.54) is 7.11 Å². The summed E-state index contributed by atoms with van der Waals surface area (Å²) in [7, 11) is 3.31. The molecule has 1 N–H and O–H groups in total. The summed E-state index contributed by atoms with van der Waals surface area (Å²) in [5.41, 5.74) is -0.489. The number of likely N-dealkylation sites (N-methyl/N-ethyl adjacent to an activating group) is 1. The molecule has 5 nitrogen and oxygen atoms in total. The highest BCUT2D eigenvalue weighted by molar-refractivity contribution is 5.81. The van der Waals surface area contributed by atoms with Gasteiger partial charge in [0, 0.05) is 18.6 Å². The van der Waals surface area contributed by atoms with Gasteiger partial charge in [-0.15, -0.1) is 0 Å². The number of ether oxygens (including phenoxy) is 2. The zero-order valence-corrected chi connectivity index (χ0v) is 11.6. The summed E-state index contributed by atoms with van der Waals surface area (Å²) in [6.45, 7) is 4.75. The molecule has 18 heavy (non-hydrogen) atoms. The summed E-state index contributed by atoms with van der Waals surface area (Å²) in [6, 6.07) is 0.893. The van der Waals surface area contributed by atoms with Crippen molar-refractivity contribution in [2.75, 3.05) is 33.9 Å². The Balaban J connectivity index is 2.04. The molecule has 104 valence electrons. The molecule has 2 fully saturated rings. The fourth-order valence-corrected chi connectivity index (χ4v) is 3.29. The van der Waals surface area contributed by atoms with E-state index in [0.717, 1.165) is 39.0 Å². The number of nitrogens with one attached hydrogen (secondary N) is 1. The highest BCUT2D eigenvalue weighted by atomic mass is 16.5. The van der Waals surface area contributed by atoms with E-state index in [1.807, 2.05) is 7.05 Å². The average molecular weight is 256 g/mol. The number of hydrogen-bond donors (Lipinski definition) is 1. The zero-order valence-electron chi connectivity index (χ0n) is 11.6. The molecule has 1 saturated carbocycles. The monoisotopic (exact) mass is 256 g/mol. The van der Waals surface area contributed by atoms with Crippen LogP contribution in [0.5, 0.6) is 0 Å². The van der Waals surface area contributed by atoms with Gasteiger partial charge in [0.05, 0.1) is 20.3 Å². The quantitative estimate of drug-likeness (QED) is 0.740. The van der Waals surface area contributed by atoms with Crippen LogP contribution in [-0.4, -0.2) is 62.4 Å². The van der Waals surface area contributed by atoms with E-state index < -0.39 is 5.54 Å². The van der Waals surface area contributed by atoms with E-state index in [-0.39, 0.29) is 5.97 Å². The van der Waals surface area contributed by atoms with Crippen LogP contribution >= 0.6 is 0 Å². The lowest BCUT2D eigenvalue weighted by molar-refractivity contribution is -0.148. The van der Waals surface area contributed by atoms with Gasteiger partial charge in [-0.3, -0.25) is 9.69 Å². The van der Waals surface area contributed by atoms with Crippen molar-refractivity contribution in [2.45, 2.75) is 43.8 Å². The lowest BCUT2D eigenvalue weighted by Gasteiger charge is -2.38. The van der Waals surface area contributed by atoms with Crippen LogP contribution in [0.1, 0.15) is 26.2 Å². The van der Waals surface area contributed by atoms with Crippen molar-refractivity contribution in [3.8, 4) is 0 Å². The molecule has 0 amide bonds. The summed E-state index contributed by atoms with van der Waals surface area (Å²) in [5, 5.41) is 3.18. The van der Waals surface area contributed by atoms with Gasteiger partial charge in [-0.05, 0) is 33.2 Å². The summed E-state index contributed by atoms with van der Waals surface area (Å²) in [6.07, 6.45) is 2.73. The second kappa shape index (κ2) is 5.55. The minimum atomic E-state index is -0.489. The topological polar surface area (TPSA) is 50.8 Å². The maximum absolute atomic E-state index is 11.9. The molecule has 1 aliphatic carbocycles. The van der Waals surface area contributed by atoms with Gasteiger partial charge in [-0.2, -0.15) is 0 Å². The third kappa shape index (κ3) is 2.39. The van der Waals surface area contributed by atoms with Crippen molar-refractivity contribution >= 4 is 5.97 Å². The smallest absolute Gasteiger partial charge is 0.326 e. The van der Waals surface area contributed by atoms with E-state index >= 15 is 0 Å². The second-order valence-corrected chi connectivity index (χ2v) is 5.38. The van der Waals surface area contributed by atoms with Crippen LogP contribution in [-0.2, 0) is 14.3 Å². The predicted molar refractivity (Wildman–Crippen MR) is 68.4 cm³/mol. The molecule has 0 aromatic heterocycles. The standard InChI is InChI=1S/C13H24N2O3/c1-10-9-18-7-6-15(10)11-4-5-13(8-11,14-2)12(16)17-3/h10-11,14H,4-9H2,1-3H3. The lowest BCUT2D eigenvalue weighted by atomic mass is 9.97. The average Bonchev–Trinajstić information content (AvgIpc) is 2.84. The molecule has 2 aliphatic rings. The number of carbonyl (C=O) groups excluding carboxylic acids is 1. The number of hydrogen-bond acceptors (Lipinski definition) is 5. The Morgan fingerprint density at radius 1 is 1.56 bits per heavy atom. The maximum atomic E-state index is 11.9. The van der Waals surface area contributed by atoms with E-state index in [9.17, 15) is 4.79 Å². The zero-order chi connectivity index (χ0) is 13.2. The first-order valence-electron chi connectivity index (χ1n) is 6.74. The van der Waals surface area contributed by atoms with Crippen LogP contribution in [0.2, 0.25) is 0 Å². The SMILES string of the molecule is CNC1(C(=O)OC)CCC(N2CCOCC2C)C1. The highest BCUT2D eigenvalue weighted by Crippen LogP contribution is 2.35. The Bertz CT molecular complexity index is 311. The van der Waals surface area contributed by atoms with E-state index in [2.05, 4.69) is 17.1 Å². The van der Waals surface area contributed by atoms with E-state index in [4.69, 9.17) is 9.47 Å². The molecule has 1 heterocycles. The van der Waals surface area contributed by atoms with Crippen LogP contribution in [0.3, 0.4) is 0 Å². The van der Waals surface area contributed by atoms with Gasteiger partial charge in [0.1, 0.15) is 5.54 Å². The molecule has 3 unspecified atom stereocenters. The van der Waals surface area contributed by atoms with Crippen molar-refractivity contribution in [3.63, 3.8) is 0 Å². The van der Waals surface area contributed by atoms with Crippen LogP contribution in [0.25, 0.3) is 0 Å². The Hall–Kier alpha value is -0.650. The van der Waals surface area contributed by atoms with Crippen molar-refractivity contribution in [3.05, 3.63) is 0 Å². The van der Waals surface area contributed by atoms with Gasteiger partial charge >= 0.3 is 5.97 Å². The third-order valence-electron chi connectivity index (χ3n) is 4.43. The number of nitrogens with zero attached hydrogens (tertiary/aromatic N) is 1. The van der Waals surface area contributed by atoms with Crippen molar-refractivity contribution in [1.29, 1.82) is 0 Å². The van der Waals surface area contributed by atoms with Gasteiger partial charge in [-0.25, -0.2) is 0 Å². The Morgan fingerprint density at radius 2 is 2.33 bits per heavy atom. The van der Waals surface area contributed by atoms with Gasteiger partial charge < -0.3 is 14.8 Å². The number of esters is 1. The molecule has 0 spiro atoms. The molecule has 0 bridgehead atoms. The summed E-state index contributed by atoms with van der Waals surface area (Å²) in [4.78, 5) is 14.4. The van der Waals surface area contributed by atoms with E-state index in [0.29, 0.717) is 12.1 Å². The molecule has 3 atom stereocenters. The molecule has 0 radical (unpaired) electrons. The van der Waals surface area contributed by atoms with Crippen molar-refractivity contribution < 1.29 is 14.3 Å². The minimum absolute atomic E-state index is 0.131. The fraction of sp³-hybridized carbons (Fsp3) is 0.923. The first-order valence-corrected chi connectivity index (χ1v) is 6.74. The number of rotatable bonds is 3. The van der Waals surface area contributed by atoms with Crippen LogP contribution in [0.15, 0.2) is 0 Å². The molecular formula is C13H24N2O3. The Morgan fingerprint density at radius 3 is 2.94 bits per heavy atom. The number of methoxy groups -OCH3 is 1. The second-order valence-electron chi connectivity index (χ2n) is 5.38. The van der Waals surface area contributed by atoms with Gasteiger partial charge in [0.15, 0.2) is 0 Å². The molecule has 0 aromatic carbocycles. The number of morpholine rings is 1. The summed E-state index contributed by atoms with van der Waals surface area (Å²) >= 11 is 0. The van der Waals surface area contributed by atoms with Crippen molar-refractivity contribution in [1.82, 2.24) is 10.2 Å². The lowest BCUT2D eigenvalue weighted by Crippen LogP contribution is -2.53. The molecule has 1 saturated heterocycles. The molecule has 2 rings (SSSR count). The first kappa shape index (κ1) is 13.8. The highest BCUT2D eigenvalue weighted by Gasteiger charge is 2.47. The summed E-state index contributed by atoms with van der Waals surface area (Å²) in [5.74, 6) is -0.131. The van der Waals surface area contributed by atoms with E-state index in [1.54, 1.807) is 0 Å². The van der Waals surface area contributed by atoms with Crippen LogP contribution < -0.4 is 5.32 Å². The first-order chi connectivity index (χ1) is 8.63. The van der Waals surface area contributed by atoms with Crippen molar-refractivity contribution in [2.24, 2.45) is 0 Å². The van der Waals surface area contributed by atoms with Gasteiger partial charge in [0.2, 0.25) is 0 Å². The predicted octanol–water partition coefficient (Wildman–Crippen LogP) is 0.391. The Kier molecular flexibility index (Phi) is 4.25. The maximum Gasteiger partial charge on any atom is 0.326 e. The Labute approximate surface area is 109 Å². The number of carbonyl (C=O) groups is 1. The van der Waals surface area contributed by atoms with Crippen LogP contribution in [0.4, 0.5) is 0 Å². The minimum Gasteiger partial charge on any atom is -0.468 e. The molecular weight excluding hydrogens is 232 g/mol.